The van der Waals surface area contributed by atoms with Gasteiger partial charge in [-0.3, -0.25) is 4.79 Å². The zero-order chi connectivity index (χ0) is 18.5. The van der Waals surface area contributed by atoms with Crippen molar-refractivity contribution in [3.63, 3.8) is 0 Å². The van der Waals surface area contributed by atoms with Crippen LogP contribution in [0.5, 0.6) is 0 Å². The second-order valence-electron chi connectivity index (χ2n) is 7.19. The lowest BCUT2D eigenvalue weighted by Crippen LogP contribution is -1.93. The Morgan fingerprint density at radius 2 is 0.917 bits per heavy atom. The first-order valence-electron chi connectivity index (χ1n) is 10.4. The third-order valence-electron chi connectivity index (χ3n) is 3.99. The standard InChI is InChI=1S/C18H36O2.C3H8O/c1-2-3-4-5-6-7-8-9-10-11-12-13-14-15-16-17-18(19)20;1-3(2)4/h2-17H2,1H3,(H,19,20);3-4H,1-2H3. The smallest absolute Gasteiger partial charge is 0.303 e. The Hall–Kier alpha value is -0.570. The fraction of sp³-hybridized carbons (Fsp3) is 0.952. The Morgan fingerprint density at radius 1 is 0.667 bits per heavy atom. The number of aliphatic hydroxyl groups excluding tert-OH is 1. The molecule has 0 rings (SSSR count). The largest absolute Gasteiger partial charge is 0.481 e. The number of carbonyl (C=O) groups is 1. The molecule has 0 aromatic heterocycles. The highest BCUT2D eigenvalue weighted by Crippen LogP contribution is 2.13. The Morgan fingerprint density at radius 3 is 1.17 bits per heavy atom. The van der Waals surface area contributed by atoms with Crippen LogP contribution < -0.4 is 0 Å². The van der Waals surface area contributed by atoms with Crippen LogP contribution >= 0.6 is 0 Å². The van der Waals surface area contributed by atoms with Crippen LogP contribution in [0.2, 0.25) is 0 Å². The van der Waals surface area contributed by atoms with Gasteiger partial charge in [-0.15, -0.1) is 0 Å². The highest BCUT2D eigenvalue weighted by molar-refractivity contribution is 5.66. The van der Waals surface area contributed by atoms with Crippen LogP contribution in [0.4, 0.5) is 0 Å². The molecular weight excluding hydrogens is 300 g/mol. The summed E-state index contributed by atoms with van der Waals surface area (Å²) >= 11 is 0. The van der Waals surface area contributed by atoms with Gasteiger partial charge in [0.15, 0.2) is 0 Å². The molecule has 0 bridgehead atoms. The van der Waals surface area contributed by atoms with E-state index in [4.69, 9.17) is 10.2 Å². The van der Waals surface area contributed by atoms with Crippen LogP contribution in [0, 0.1) is 0 Å². The molecule has 0 aliphatic carbocycles. The molecule has 0 aromatic carbocycles. The molecule has 0 aromatic rings. The van der Waals surface area contributed by atoms with Crippen LogP contribution in [-0.2, 0) is 4.79 Å². The molecule has 0 fully saturated rings. The van der Waals surface area contributed by atoms with Crippen molar-refractivity contribution in [1.29, 1.82) is 0 Å². The van der Waals surface area contributed by atoms with Crippen LogP contribution in [0.3, 0.4) is 0 Å². The third kappa shape index (κ3) is 33.1. The minimum absolute atomic E-state index is 0.167. The molecule has 0 aliphatic rings. The average Bonchev–Trinajstić information content (AvgIpc) is 2.50. The van der Waals surface area contributed by atoms with Crippen molar-refractivity contribution in [2.45, 2.75) is 130 Å². The number of hydrogen-bond donors (Lipinski definition) is 2. The van der Waals surface area contributed by atoms with E-state index in [0.717, 1.165) is 12.8 Å². The molecule has 146 valence electrons. The average molecular weight is 345 g/mol. The molecule has 0 saturated carbocycles. The van der Waals surface area contributed by atoms with Crippen LogP contribution in [0.1, 0.15) is 124 Å². The first kappa shape index (κ1) is 25.7. The van der Waals surface area contributed by atoms with Gasteiger partial charge >= 0.3 is 5.97 Å². The van der Waals surface area contributed by atoms with Crippen molar-refractivity contribution >= 4 is 5.97 Å². The van der Waals surface area contributed by atoms with Gasteiger partial charge in [0, 0.05) is 12.5 Å². The molecule has 2 N–H and O–H groups in total. The van der Waals surface area contributed by atoms with Gasteiger partial charge in [0.2, 0.25) is 0 Å². The van der Waals surface area contributed by atoms with Crippen molar-refractivity contribution in [3.8, 4) is 0 Å². The quantitative estimate of drug-likeness (QED) is 0.305. The van der Waals surface area contributed by atoms with Gasteiger partial charge in [0.1, 0.15) is 0 Å². The monoisotopic (exact) mass is 344 g/mol. The van der Waals surface area contributed by atoms with Gasteiger partial charge in [-0.25, -0.2) is 0 Å². The second kappa shape index (κ2) is 22.4. The van der Waals surface area contributed by atoms with E-state index in [2.05, 4.69) is 6.92 Å². The third-order valence-corrected chi connectivity index (χ3v) is 3.99. The summed E-state index contributed by atoms with van der Waals surface area (Å²) < 4.78 is 0. The van der Waals surface area contributed by atoms with Gasteiger partial charge in [-0.05, 0) is 20.3 Å². The van der Waals surface area contributed by atoms with Crippen molar-refractivity contribution in [1.82, 2.24) is 0 Å². The molecule has 0 radical (unpaired) electrons. The molecule has 0 unspecified atom stereocenters. The van der Waals surface area contributed by atoms with Gasteiger partial charge in [-0.2, -0.15) is 0 Å². The van der Waals surface area contributed by atoms with Crippen molar-refractivity contribution in [2.24, 2.45) is 0 Å². The summed E-state index contributed by atoms with van der Waals surface area (Å²) in [7, 11) is 0. The van der Waals surface area contributed by atoms with Crippen molar-refractivity contribution in [2.75, 3.05) is 0 Å². The van der Waals surface area contributed by atoms with Crippen LogP contribution in [0.15, 0.2) is 0 Å². The summed E-state index contributed by atoms with van der Waals surface area (Å²) in [5.74, 6) is -0.653. The molecule has 3 nitrogen and oxygen atoms in total. The number of rotatable bonds is 16. The Balaban J connectivity index is 0. The fourth-order valence-corrected chi connectivity index (χ4v) is 2.65. The van der Waals surface area contributed by atoms with Gasteiger partial charge in [-0.1, -0.05) is 96.8 Å². The van der Waals surface area contributed by atoms with E-state index >= 15 is 0 Å². The van der Waals surface area contributed by atoms with Crippen LogP contribution in [-0.4, -0.2) is 22.3 Å². The molecular formula is C21H44O3. The number of unbranched alkanes of at least 4 members (excludes halogenated alkanes) is 14. The van der Waals surface area contributed by atoms with Gasteiger partial charge < -0.3 is 10.2 Å². The molecule has 24 heavy (non-hydrogen) atoms. The summed E-state index contributed by atoms with van der Waals surface area (Å²) in [6, 6.07) is 0. The molecule has 0 aliphatic heterocycles. The predicted octanol–water partition coefficient (Wildman–Crippen LogP) is 6.72. The number of carboxylic acids is 1. The lowest BCUT2D eigenvalue weighted by molar-refractivity contribution is -0.137. The lowest BCUT2D eigenvalue weighted by Gasteiger charge is -2.03. The highest BCUT2D eigenvalue weighted by Gasteiger charge is 1.97. The van der Waals surface area contributed by atoms with Gasteiger partial charge in [0.25, 0.3) is 0 Å². The Labute approximate surface area is 151 Å². The maximum Gasteiger partial charge on any atom is 0.303 e. The van der Waals surface area contributed by atoms with Crippen LogP contribution in [0.25, 0.3) is 0 Å². The maximum absolute atomic E-state index is 10.3. The summed E-state index contributed by atoms with van der Waals surface area (Å²) in [4.78, 5) is 10.3. The van der Waals surface area contributed by atoms with E-state index in [-0.39, 0.29) is 6.10 Å². The van der Waals surface area contributed by atoms with Crippen molar-refractivity contribution in [3.05, 3.63) is 0 Å². The summed E-state index contributed by atoms with van der Waals surface area (Å²) in [6.07, 6.45) is 20.0. The predicted molar refractivity (Wildman–Crippen MR) is 105 cm³/mol. The summed E-state index contributed by atoms with van der Waals surface area (Å²) in [5.41, 5.74) is 0. The molecule has 3 heteroatoms. The zero-order valence-electron chi connectivity index (χ0n) is 16.7. The molecule has 0 saturated heterocycles. The first-order valence-corrected chi connectivity index (χ1v) is 10.4. The fourth-order valence-electron chi connectivity index (χ4n) is 2.65. The van der Waals surface area contributed by atoms with E-state index in [9.17, 15) is 4.79 Å². The van der Waals surface area contributed by atoms with E-state index < -0.39 is 5.97 Å². The normalized spacial score (nSPS) is 10.5. The Kier molecular flexibility index (Phi) is 24.0. The highest BCUT2D eigenvalue weighted by atomic mass is 16.4. The minimum Gasteiger partial charge on any atom is -0.481 e. The molecule has 0 amide bonds. The van der Waals surface area contributed by atoms with E-state index in [1.165, 1.54) is 83.5 Å². The summed E-state index contributed by atoms with van der Waals surface area (Å²) in [6.45, 7) is 5.71. The lowest BCUT2D eigenvalue weighted by atomic mass is 10.0. The first-order chi connectivity index (χ1) is 11.5. The van der Waals surface area contributed by atoms with Gasteiger partial charge in [0.05, 0.1) is 0 Å². The molecule has 0 heterocycles. The zero-order valence-corrected chi connectivity index (χ0v) is 16.7. The molecule has 0 atom stereocenters. The SMILES string of the molecule is CC(C)O.CCCCCCCCCCCCCCCCCC(=O)O. The van der Waals surface area contributed by atoms with E-state index in [0.29, 0.717) is 6.42 Å². The number of aliphatic carboxylic acids is 1. The maximum atomic E-state index is 10.3. The van der Waals surface area contributed by atoms with E-state index in [1.807, 2.05) is 0 Å². The minimum atomic E-state index is -0.653. The Bertz CT molecular complexity index is 236. The van der Waals surface area contributed by atoms with E-state index in [1.54, 1.807) is 13.8 Å². The topological polar surface area (TPSA) is 57.5 Å². The van der Waals surface area contributed by atoms with Crippen molar-refractivity contribution < 1.29 is 15.0 Å². The number of hydrogen-bond acceptors (Lipinski definition) is 2. The molecule has 0 spiro atoms. The number of aliphatic hydroxyl groups is 1. The second-order valence-corrected chi connectivity index (χ2v) is 7.19. The number of carboxylic acid groups (broad SMARTS) is 1. The summed E-state index contributed by atoms with van der Waals surface area (Å²) in [5, 5.41) is 16.6.